The van der Waals surface area contributed by atoms with E-state index in [0.717, 1.165) is 11.1 Å². The summed E-state index contributed by atoms with van der Waals surface area (Å²) in [7, 11) is 1.55. The van der Waals surface area contributed by atoms with Crippen molar-refractivity contribution in [1.82, 2.24) is 0 Å². The molecule has 0 aliphatic rings. The smallest absolute Gasteiger partial charge is 0.306 e. The first-order valence-electron chi connectivity index (χ1n) is 5.01. The molecule has 3 nitrogen and oxygen atoms in total. The lowest BCUT2D eigenvalue weighted by atomic mass is 9.99. The van der Waals surface area contributed by atoms with Gasteiger partial charge in [-0.1, -0.05) is 24.6 Å². The van der Waals surface area contributed by atoms with E-state index in [0.29, 0.717) is 17.2 Å². The summed E-state index contributed by atoms with van der Waals surface area (Å²) in [5.41, 5.74) is 1.82. The molecular formula is C12H15ClO3. The molecule has 88 valence electrons. The van der Waals surface area contributed by atoms with E-state index in [4.69, 9.17) is 21.4 Å². The Kier molecular flexibility index (Phi) is 4.19. The third-order valence-corrected chi connectivity index (χ3v) is 2.86. The van der Waals surface area contributed by atoms with E-state index in [9.17, 15) is 4.79 Å². The Balaban J connectivity index is 3.04. The number of aliphatic carboxylic acids is 1. The fraction of sp³-hybridized carbons (Fsp3) is 0.417. The van der Waals surface area contributed by atoms with Crippen molar-refractivity contribution in [3.05, 3.63) is 28.3 Å². The highest BCUT2D eigenvalue weighted by molar-refractivity contribution is 6.32. The second kappa shape index (κ2) is 5.21. The maximum absolute atomic E-state index is 10.8. The van der Waals surface area contributed by atoms with Crippen molar-refractivity contribution in [2.45, 2.75) is 20.3 Å². The quantitative estimate of drug-likeness (QED) is 0.883. The zero-order valence-electron chi connectivity index (χ0n) is 9.58. The predicted molar refractivity (Wildman–Crippen MR) is 63.2 cm³/mol. The number of carboxylic acid groups (broad SMARTS) is 1. The first-order chi connectivity index (χ1) is 7.45. The number of benzene rings is 1. The van der Waals surface area contributed by atoms with Gasteiger partial charge in [-0.15, -0.1) is 0 Å². The highest BCUT2D eigenvalue weighted by Gasteiger charge is 2.16. The highest BCUT2D eigenvalue weighted by atomic mass is 35.5. The Hall–Kier alpha value is -1.22. The topological polar surface area (TPSA) is 46.5 Å². The van der Waals surface area contributed by atoms with Crippen LogP contribution in [0.25, 0.3) is 0 Å². The molecule has 0 aliphatic carbocycles. The maximum atomic E-state index is 10.8. The molecule has 16 heavy (non-hydrogen) atoms. The van der Waals surface area contributed by atoms with E-state index < -0.39 is 11.9 Å². The second-order valence-corrected chi connectivity index (χ2v) is 4.26. The van der Waals surface area contributed by atoms with Crippen LogP contribution in [0.15, 0.2) is 12.1 Å². The van der Waals surface area contributed by atoms with Gasteiger partial charge in [-0.2, -0.15) is 0 Å². The molecule has 0 radical (unpaired) electrons. The summed E-state index contributed by atoms with van der Waals surface area (Å²) in [4.78, 5) is 10.8. The summed E-state index contributed by atoms with van der Waals surface area (Å²) < 4.78 is 5.13. The summed E-state index contributed by atoms with van der Waals surface area (Å²) >= 11 is 6.11. The van der Waals surface area contributed by atoms with E-state index in [1.54, 1.807) is 14.0 Å². The second-order valence-electron chi connectivity index (χ2n) is 3.88. The van der Waals surface area contributed by atoms with Gasteiger partial charge in [-0.3, -0.25) is 4.79 Å². The van der Waals surface area contributed by atoms with Crippen LogP contribution < -0.4 is 4.74 Å². The van der Waals surface area contributed by atoms with Crippen molar-refractivity contribution in [3.8, 4) is 5.75 Å². The van der Waals surface area contributed by atoms with Crippen molar-refractivity contribution >= 4 is 17.6 Å². The van der Waals surface area contributed by atoms with Crippen LogP contribution in [0.1, 0.15) is 18.1 Å². The standard InChI is InChI=1S/C12H15ClO3/c1-7-4-9(6-8(2)12(14)15)11(13)10(5-7)16-3/h4-5,8H,6H2,1-3H3,(H,14,15). The number of hydrogen-bond donors (Lipinski definition) is 1. The van der Waals surface area contributed by atoms with Gasteiger partial charge >= 0.3 is 5.97 Å². The number of halogens is 1. The average molecular weight is 243 g/mol. The molecule has 0 aromatic heterocycles. The molecule has 1 atom stereocenters. The lowest BCUT2D eigenvalue weighted by Gasteiger charge is -2.12. The summed E-state index contributed by atoms with van der Waals surface area (Å²) in [5, 5.41) is 9.36. The Labute approximate surface area is 100.0 Å². The molecule has 1 N–H and O–H groups in total. The fourth-order valence-corrected chi connectivity index (χ4v) is 1.79. The molecule has 0 bridgehead atoms. The van der Waals surface area contributed by atoms with E-state index in [1.165, 1.54) is 0 Å². The predicted octanol–water partition coefficient (Wildman–Crippen LogP) is 2.92. The molecule has 0 fully saturated rings. The average Bonchev–Trinajstić information content (AvgIpc) is 2.22. The molecule has 1 aromatic carbocycles. The molecule has 1 aromatic rings. The third kappa shape index (κ3) is 2.89. The lowest BCUT2D eigenvalue weighted by Crippen LogP contribution is -2.12. The minimum Gasteiger partial charge on any atom is -0.495 e. The summed E-state index contributed by atoms with van der Waals surface area (Å²) in [6.07, 6.45) is 0.409. The molecule has 4 heteroatoms. The largest absolute Gasteiger partial charge is 0.495 e. The van der Waals surface area contributed by atoms with Crippen molar-refractivity contribution in [3.63, 3.8) is 0 Å². The first-order valence-corrected chi connectivity index (χ1v) is 5.39. The normalized spacial score (nSPS) is 12.2. The van der Waals surface area contributed by atoms with Crippen LogP contribution in [0, 0.1) is 12.8 Å². The van der Waals surface area contributed by atoms with Crippen LogP contribution in [-0.2, 0) is 11.2 Å². The minimum atomic E-state index is -0.823. The molecule has 1 rings (SSSR count). The molecular weight excluding hydrogens is 228 g/mol. The monoisotopic (exact) mass is 242 g/mol. The molecule has 0 amide bonds. The van der Waals surface area contributed by atoms with Gasteiger partial charge in [0.25, 0.3) is 0 Å². The Bertz CT molecular complexity index is 401. The molecule has 0 heterocycles. The summed E-state index contributed by atoms with van der Waals surface area (Å²) in [6, 6.07) is 3.72. The number of ether oxygens (including phenoxy) is 1. The number of aryl methyl sites for hydroxylation is 1. The van der Waals surface area contributed by atoms with Crippen LogP contribution in [0.3, 0.4) is 0 Å². The number of rotatable bonds is 4. The number of carboxylic acids is 1. The number of hydrogen-bond acceptors (Lipinski definition) is 2. The van der Waals surface area contributed by atoms with E-state index in [2.05, 4.69) is 0 Å². The van der Waals surface area contributed by atoms with Crippen LogP contribution in [0.5, 0.6) is 5.75 Å². The zero-order valence-corrected chi connectivity index (χ0v) is 10.3. The van der Waals surface area contributed by atoms with Gasteiger partial charge in [-0.25, -0.2) is 0 Å². The lowest BCUT2D eigenvalue weighted by molar-refractivity contribution is -0.141. The summed E-state index contributed by atoms with van der Waals surface area (Å²) in [6.45, 7) is 3.58. The van der Waals surface area contributed by atoms with Gasteiger partial charge in [0.1, 0.15) is 5.75 Å². The van der Waals surface area contributed by atoms with Crippen molar-refractivity contribution in [2.24, 2.45) is 5.92 Å². The first kappa shape index (κ1) is 12.8. The van der Waals surface area contributed by atoms with Gasteiger partial charge < -0.3 is 9.84 Å². The molecule has 0 aliphatic heterocycles. The number of methoxy groups -OCH3 is 1. The fourth-order valence-electron chi connectivity index (χ4n) is 1.52. The Morgan fingerprint density at radius 3 is 2.69 bits per heavy atom. The molecule has 1 unspecified atom stereocenters. The van der Waals surface area contributed by atoms with Gasteiger partial charge in [0.05, 0.1) is 18.1 Å². The van der Waals surface area contributed by atoms with E-state index in [1.807, 2.05) is 19.1 Å². The Morgan fingerprint density at radius 2 is 2.19 bits per heavy atom. The maximum Gasteiger partial charge on any atom is 0.306 e. The van der Waals surface area contributed by atoms with Gasteiger partial charge in [0.15, 0.2) is 0 Å². The van der Waals surface area contributed by atoms with Crippen LogP contribution in [0.2, 0.25) is 5.02 Å². The van der Waals surface area contributed by atoms with Crippen molar-refractivity contribution < 1.29 is 14.6 Å². The highest BCUT2D eigenvalue weighted by Crippen LogP contribution is 2.31. The third-order valence-electron chi connectivity index (χ3n) is 2.43. The van der Waals surface area contributed by atoms with Gasteiger partial charge in [0, 0.05) is 0 Å². The SMILES string of the molecule is COc1cc(C)cc(CC(C)C(=O)O)c1Cl. The molecule has 0 saturated heterocycles. The van der Waals surface area contributed by atoms with Crippen LogP contribution in [-0.4, -0.2) is 18.2 Å². The van der Waals surface area contributed by atoms with Crippen LogP contribution in [0.4, 0.5) is 0 Å². The van der Waals surface area contributed by atoms with Gasteiger partial charge in [-0.05, 0) is 30.5 Å². The van der Waals surface area contributed by atoms with Crippen molar-refractivity contribution in [2.75, 3.05) is 7.11 Å². The zero-order chi connectivity index (χ0) is 12.3. The van der Waals surface area contributed by atoms with Gasteiger partial charge in [0.2, 0.25) is 0 Å². The van der Waals surface area contributed by atoms with Crippen LogP contribution >= 0.6 is 11.6 Å². The molecule has 0 saturated carbocycles. The van der Waals surface area contributed by atoms with E-state index >= 15 is 0 Å². The Morgan fingerprint density at radius 1 is 1.56 bits per heavy atom. The molecule has 0 spiro atoms. The minimum absolute atomic E-state index is 0.409. The number of carbonyl (C=O) groups is 1. The van der Waals surface area contributed by atoms with E-state index in [-0.39, 0.29) is 0 Å². The summed E-state index contributed by atoms with van der Waals surface area (Å²) in [5.74, 6) is -0.685. The van der Waals surface area contributed by atoms with Crippen molar-refractivity contribution in [1.29, 1.82) is 0 Å².